The van der Waals surface area contributed by atoms with Gasteiger partial charge in [-0.2, -0.15) is 0 Å². The first-order valence-corrected chi connectivity index (χ1v) is 8.59. The molecule has 8 heteroatoms. The lowest BCUT2D eigenvalue weighted by atomic mass is 10.1. The molecule has 0 fully saturated rings. The van der Waals surface area contributed by atoms with Crippen LogP contribution in [0.2, 0.25) is 0 Å². The van der Waals surface area contributed by atoms with Gasteiger partial charge in [0, 0.05) is 23.5 Å². The summed E-state index contributed by atoms with van der Waals surface area (Å²) in [6, 6.07) is 17.6. The van der Waals surface area contributed by atoms with Gasteiger partial charge in [0.25, 0.3) is 5.91 Å². The largest absolute Gasteiger partial charge is 0.573 e. The van der Waals surface area contributed by atoms with Gasteiger partial charge in [-0.1, -0.05) is 30.3 Å². The van der Waals surface area contributed by atoms with E-state index in [9.17, 15) is 18.0 Å². The van der Waals surface area contributed by atoms with E-state index in [4.69, 9.17) is 0 Å². The zero-order chi connectivity index (χ0) is 20.4. The number of halogens is 3. The lowest BCUT2D eigenvalue weighted by Gasteiger charge is -2.12. The van der Waals surface area contributed by atoms with Crippen LogP contribution in [0.4, 0.5) is 18.9 Å². The summed E-state index contributed by atoms with van der Waals surface area (Å²) in [4.78, 5) is 17.2. The van der Waals surface area contributed by atoms with Crippen molar-refractivity contribution in [2.24, 2.45) is 0 Å². The van der Waals surface area contributed by atoms with E-state index in [2.05, 4.69) is 15.0 Å². The number of aromatic nitrogens is 2. The SMILES string of the molecule is O=C(Nc1ccccc1-c1cn2ccccc2n1)c1cccc(OC(F)(F)F)c1. The number of hydrogen-bond acceptors (Lipinski definition) is 3. The fraction of sp³-hybridized carbons (Fsp3) is 0.0476. The Bertz CT molecular complexity index is 1150. The van der Waals surface area contributed by atoms with Gasteiger partial charge in [0.05, 0.1) is 11.4 Å². The fourth-order valence-electron chi connectivity index (χ4n) is 2.91. The van der Waals surface area contributed by atoms with E-state index in [1.54, 1.807) is 18.2 Å². The van der Waals surface area contributed by atoms with E-state index in [1.807, 2.05) is 41.1 Å². The number of para-hydroxylation sites is 1. The fourth-order valence-corrected chi connectivity index (χ4v) is 2.91. The maximum Gasteiger partial charge on any atom is 0.573 e. The molecule has 1 N–H and O–H groups in total. The number of anilines is 1. The van der Waals surface area contributed by atoms with Crippen molar-refractivity contribution in [2.75, 3.05) is 5.32 Å². The van der Waals surface area contributed by atoms with Gasteiger partial charge >= 0.3 is 6.36 Å². The molecule has 0 spiro atoms. The number of ether oxygens (including phenoxy) is 1. The van der Waals surface area contributed by atoms with E-state index in [0.29, 0.717) is 16.9 Å². The molecular formula is C21H14F3N3O2. The van der Waals surface area contributed by atoms with Crippen molar-refractivity contribution in [2.45, 2.75) is 6.36 Å². The molecule has 2 heterocycles. The van der Waals surface area contributed by atoms with Crippen molar-refractivity contribution < 1.29 is 22.7 Å². The van der Waals surface area contributed by atoms with Crippen LogP contribution in [-0.2, 0) is 0 Å². The highest BCUT2D eigenvalue weighted by molar-refractivity contribution is 6.06. The Morgan fingerprint density at radius 2 is 1.79 bits per heavy atom. The average Bonchev–Trinajstić information content (AvgIpc) is 3.11. The second-order valence-electron chi connectivity index (χ2n) is 6.17. The summed E-state index contributed by atoms with van der Waals surface area (Å²) >= 11 is 0. The average molecular weight is 397 g/mol. The van der Waals surface area contributed by atoms with Crippen molar-refractivity contribution in [3.05, 3.63) is 84.7 Å². The molecule has 0 saturated carbocycles. The number of benzene rings is 2. The minimum Gasteiger partial charge on any atom is -0.406 e. The van der Waals surface area contributed by atoms with E-state index in [-0.39, 0.29) is 5.56 Å². The number of alkyl halides is 3. The van der Waals surface area contributed by atoms with Crippen LogP contribution in [0.15, 0.2) is 79.1 Å². The molecule has 4 aromatic rings. The summed E-state index contributed by atoms with van der Waals surface area (Å²) in [5.41, 5.74) is 2.62. The minimum atomic E-state index is -4.83. The third-order valence-electron chi connectivity index (χ3n) is 4.15. The highest BCUT2D eigenvalue weighted by atomic mass is 19.4. The normalized spacial score (nSPS) is 11.4. The van der Waals surface area contributed by atoms with Crippen LogP contribution in [0.25, 0.3) is 16.9 Å². The number of carbonyl (C=O) groups is 1. The van der Waals surface area contributed by atoms with Crippen LogP contribution in [0.1, 0.15) is 10.4 Å². The zero-order valence-corrected chi connectivity index (χ0v) is 14.9. The zero-order valence-electron chi connectivity index (χ0n) is 14.9. The van der Waals surface area contributed by atoms with Gasteiger partial charge in [-0.05, 0) is 36.4 Å². The second-order valence-corrected chi connectivity index (χ2v) is 6.17. The molecule has 0 saturated heterocycles. The lowest BCUT2D eigenvalue weighted by molar-refractivity contribution is -0.274. The Balaban J connectivity index is 1.62. The molecule has 5 nitrogen and oxygen atoms in total. The van der Waals surface area contributed by atoms with Crippen LogP contribution < -0.4 is 10.1 Å². The molecule has 29 heavy (non-hydrogen) atoms. The topological polar surface area (TPSA) is 55.6 Å². The number of nitrogens with zero attached hydrogens (tertiary/aromatic N) is 2. The quantitative estimate of drug-likeness (QED) is 0.518. The minimum absolute atomic E-state index is 0.0385. The maximum atomic E-state index is 12.6. The van der Waals surface area contributed by atoms with E-state index >= 15 is 0 Å². The first-order chi connectivity index (χ1) is 13.9. The van der Waals surface area contributed by atoms with Crippen LogP contribution in [0.3, 0.4) is 0 Å². The summed E-state index contributed by atoms with van der Waals surface area (Å²) in [7, 11) is 0. The van der Waals surface area contributed by atoms with Gasteiger partial charge < -0.3 is 14.5 Å². The Morgan fingerprint density at radius 3 is 2.59 bits per heavy atom. The van der Waals surface area contributed by atoms with Gasteiger partial charge in [-0.3, -0.25) is 4.79 Å². The van der Waals surface area contributed by atoms with Gasteiger partial charge in [-0.15, -0.1) is 13.2 Å². The monoisotopic (exact) mass is 397 g/mol. The number of fused-ring (bicyclic) bond motifs is 1. The summed E-state index contributed by atoms with van der Waals surface area (Å²) in [5.74, 6) is -1.02. The summed E-state index contributed by atoms with van der Waals surface area (Å²) in [6.07, 6.45) is -1.14. The number of carbonyl (C=O) groups excluding carboxylic acids is 1. The highest BCUT2D eigenvalue weighted by Gasteiger charge is 2.31. The molecule has 146 valence electrons. The van der Waals surface area contributed by atoms with E-state index in [0.717, 1.165) is 17.8 Å². The smallest absolute Gasteiger partial charge is 0.406 e. The number of nitrogens with one attached hydrogen (secondary N) is 1. The summed E-state index contributed by atoms with van der Waals surface area (Å²) in [5, 5.41) is 2.73. The van der Waals surface area contributed by atoms with E-state index in [1.165, 1.54) is 12.1 Å². The van der Waals surface area contributed by atoms with Gasteiger partial charge in [-0.25, -0.2) is 4.98 Å². The third-order valence-corrected chi connectivity index (χ3v) is 4.15. The predicted octanol–water partition coefficient (Wildman–Crippen LogP) is 5.15. The number of imidazole rings is 1. The molecule has 2 aromatic carbocycles. The molecular weight excluding hydrogens is 383 g/mol. The van der Waals surface area contributed by atoms with Crippen molar-refractivity contribution in [3.8, 4) is 17.0 Å². The van der Waals surface area contributed by atoms with Crippen LogP contribution >= 0.6 is 0 Å². The Morgan fingerprint density at radius 1 is 1.00 bits per heavy atom. The molecule has 1 amide bonds. The number of pyridine rings is 1. The molecule has 0 aliphatic rings. The number of amides is 1. The second kappa shape index (κ2) is 7.31. The Hall–Kier alpha value is -3.81. The lowest BCUT2D eigenvalue weighted by Crippen LogP contribution is -2.18. The number of rotatable bonds is 4. The summed E-state index contributed by atoms with van der Waals surface area (Å²) < 4.78 is 43.0. The molecule has 2 aromatic heterocycles. The van der Waals surface area contributed by atoms with E-state index < -0.39 is 18.0 Å². The van der Waals surface area contributed by atoms with Crippen LogP contribution in [0.5, 0.6) is 5.75 Å². The molecule has 0 unspecified atom stereocenters. The summed E-state index contributed by atoms with van der Waals surface area (Å²) in [6.45, 7) is 0. The van der Waals surface area contributed by atoms with Gasteiger partial charge in [0.1, 0.15) is 11.4 Å². The van der Waals surface area contributed by atoms with Crippen molar-refractivity contribution in [1.29, 1.82) is 0 Å². The number of hydrogen-bond donors (Lipinski definition) is 1. The molecule has 4 rings (SSSR count). The Kier molecular flexibility index (Phi) is 4.67. The van der Waals surface area contributed by atoms with Gasteiger partial charge in [0.2, 0.25) is 0 Å². The molecule has 0 aliphatic carbocycles. The standard InChI is InChI=1S/C21H14F3N3O2/c22-21(23,24)29-15-7-5-6-14(12-15)20(28)26-17-9-2-1-8-16(17)18-13-27-11-4-3-10-19(27)25-18/h1-13H,(H,26,28). The van der Waals surface area contributed by atoms with Crippen molar-refractivity contribution in [1.82, 2.24) is 9.38 Å². The Labute approximate surface area is 163 Å². The predicted molar refractivity (Wildman–Crippen MR) is 102 cm³/mol. The first-order valence-electron chi connectivity index (χ1n) is 8.59. The molecule has 0 atom stereocenters. The highest BCUT2D eigenvalue weighted by Crippen LogP contribution is 2.28. The maximum absolute atomic E-state index is 12.6. The van der Waals surface area contributed by atoms with Crippen molar-refractivity contribution >= 4 is 17.2 Å². The molecule has 0 aliphatic heterocycles. The van der Waals surface area contributed by atoms with Gasteiger partial charge in [0.15, 0.2) is 0 Å². The van der Waals surface area contributed by atoms with Crippen LogP contribution in [-0.4, -0.2) is 21.7 Å². The first kappa shape index (κ1) is 18.5. The van der Waals surface area contributed by atoms with Crippen molar-refractivity contribution in [3.63, 3.8) is 0 Å². The third kappa shape index (κ3) is 4.21. The van der Waals surface area contributed by atoms with Crippen LogP contribution in [0, 0.1) is 0 Å². The molecule has 0 radical (unpaired) electrons. The molecule has 0 bridgehead atoms.